The number of carbonyl (C=O) groups excluding carboxylic acids is 1. The molecule has 0 aromatic heterocycles. The number of hydrogen-bond acceptors (Lipinski definition) is 4. The van der Waals surface area contributed by atoms with Crippen molar-refractivity contribution in [3.63, 3.8) is 0 Å². The van der Waals surface area contributed by atoms with Crippen molar-refractivity contribution in [2.24, 2.45) is 11.0 Å². The van der Waals surface area contributed by atoms with Gasteiger partial charge in [-0.1, -0.05) is 72.3 Å². The highest BCUT2D eigenvalue weighted by molar-refractivity contribution is 6.32. The quantitative estimate of drug-likeness (QED) is 0.410. The highest BCUT2D eigenvalue weighted by atomic mass is 35.5. The summed E-state index contributed by atoms with van der Waals surface area (Å²) in [5.74, 6) is -0.189. The van der Waals surface area contributed by atoms with Gasteiger partial charge < -0.3 is 9.84 Å². The smallest absolute Gasteiger partial charge is 0.244 e. The summed E-state index contributed by atoms with van der Waals surface area (Å²) in [5.41, 5.74) is 5.17. The number of benzene rings is 3. The van der Waals surface area contributed by atoms with Gasteiger partial charge in [-0.05, 0) is 42.2 Å². The Bertz CT molecular complexity index is 1060. The van der Waals surface area contributed by atoms with Crippen LogP contribution in [0.1, 0.15) is 30.0 Å². The number of nitrogens with zero attached hydrogens (tertiary/aromatic N) is 1. The summed E-state index contributed by atoms with van der Waals surface area (Å²) >= 11 is 6.05. The van der Waals surface area contributed by atoms with E-state index in [1.165, 1.54) is 6.21 Å². The molecule has 2 N–H and O–H groups in total. The van der Waals surface area contributed by atoms with E-state index in [0.717, 1.165) is 17.5 Å². The maximum absolute atomic E-state index is 12.9. The van der Waals surface area contributed by atoms with Crippen LogP contribution in [-0.2, 0) is 10.2 Å². The Kier molecular flexibility index (Phi) is 5.96. The van der Waals surface area contributed by atoms with Gasteiger partial charge >= 0.3 is 0 Å². The average Bonchev–Trinajstić information content (AvgIpc) is 3.56. The van der Waals surface area contributed by atoms with Gasteiger partial charge in [0, 0.05) is 5.41 Å². The molecule has 6 heteroatoms. The van der Waals surface area contributed by atoms with Crippen LogP contribution in [0.4, 0.5) is 0 Å². The lowest BCUT2D eigenvalue weighted by Crippen LogP contribution is -2.25. The van der Waals surface area contributed by atoms with Gasteiger partial charge in [-0.2, -0.15) is 5.10 Å². The van der Waals surface area contributed by atoms with Gasteiger partial charge in [0.15, 0.2) is 11.5 Å². The van der Waals surface area contributed by atoms with E-state index in [9.17, 15) is 9.90 Å². The van der Waals surface area contributed by atoms with E-state index in [-0.39, 0.29) is 33.8 Å². The Morgan fingerprint density at radius 2 is 1.77 bits per heavy atom. The van der Waals surface area contributed by atoms with Crippen molar-refractivity contribution in [1.29, 1.82) is 0 Å². The fraction of sp³-hybridized carbons (Fsp3) is 0.200. The number of halogens is 1. The van der Waals surface area contributed by atoms with Gasteiger partial charge in [-0.3, -0.25) is 4.79 Å². The standard InChI is InChI=1S/C25H23ClN2O3/c1-2-31-22-14-17(13-21(26)23(22)29)16-27-28-24(30)20-15-25(20,18-9-5-3-6-10-18)19-11-7-4-8-12-19/h3-14,16,20,29H,2,15H2,1H3,(H,28,30)/b27-16+. The number of hydrogen-bond donors (Lipinski definition) is 2. The van der Waals surface area contributed by atoms with E-state index >= 15 is 0 Å². The molecule has 1 amide bonds. The number of hydrazone groups is 1. The van der Waals surface area contributed by atoms with Crippen molar-refractivity contribution in [1.82, 2.24) is 5.43 Å². The Morgan fingerprint density at radius 1 is 1.16 bits per heavy atom. The molecule has 3 aromatic rings. The molecular formula is C25H23ClN2O3. The van der Waals surface area contributed by atoms with E-state index in [2.05, 4.69) is 34.8 Å². The number of ether oxygens (including phenoxy) is 1. The lowest BCUT2D eigenvalue weighted by atomic mass is 9.85. The molecule has 0 bridgehead atoms. The maximum Gasteiger partial charge on any atom is 0.244 e. The molecule has 158 valence electrons. The summed E-state index contributed by atoms with van der Waals surface area (Å²) in [6, 6.07) is 23.4. The van der Waals surface area contributed by atoms with Crippen LogP contribution >= 0.6 is 11.6 Å². The van der Waals surface area contributed by atoms with Gasteiger partial charge in [0.05, 0.1) is 23.8 Å². The number of phenols is 1. The summed E-state index contributed by atoms with van der Waals surface area (Å²) in [7, 11) is 0. The van der Waals surface area contributed by atoms with Crippen molar-refractivity contribution in [3.05, 3.63) is 94.5 Å². The van der Waals surface area contributed by atoms with Gasteiger partial charge in [0.25, 0.3) is 0 Å². The van der Waals surface area contributed by atoms with E-state index in [4.69, 9.17) is 16.3 Å². The fourth-order valence-corrected chi connectivity index (χ4v) is 4.26. The average molecular weight is 435 g/mol. The zero-order valence-corrected chi connectivity index (χ0v) is 17.8. The molecule has 1 aliphatic carbocycles. The van der Waals surface area contributed by atoms with Gasteiger partial charge in [-0.25, -0.2) is 5.43 Å². The minimum Gasteiger partial charge on any atom is -0.503 e. The first-order valence-corrected chi connectivity index (χ1v) is 10.5. The second-order valence-corrected chi connectivity index (χ2v) is 7.88. The molecular weight excluding hydrogens is 412 g/mol. The predicted octanol–water partition coefficient (Wildman–Crippen LogP) is 4.90. The molecule has 1 saturated carbocycles. The maximum atomic E-state index is 12.9. The Labute approximate surface area is 186 Å². The molecule has 1 fully saturated rings. The Morgan fingerprint density at radius 3 is 2.35 bits per heavy atom. The van der Waals surface area contributed by atoms with Gasteiger partial charge in [-0.15, -0.1) is 0 Å². The number of carbonyl (C=O) groups is 1. The topological polar surface area (TPSA) is 70.9 Å². The van der Waals surface area contributed by atoms with Crippen molar-refractivity contribution in [2.45, 2.75) is 18.8 Å². The molecule has 5 nitrogen and oxygen atoms in total. The van der Waals surface area contributed by atoms with Crippen LogP contribution in [0.25, 0.3) is 0 Å². The fourth-order valence-electron chi connectivity index (χ4n) is 4.04. The third-order valence-corrected chi connectivity index (χ3v) is 5.88. The molecule has 0 aliphatic heterocycles. The van der Waals surface area contributed by atoms with Crippen molar-refractivity contribution in [2.75, 3.05) is 6.61 Å². The summed E-state index contributed by atoms with van der Waals surface area (Å²) in [4.78, 5) is 12.9. The summed E-state index contributed by atoms with van der Waals surface area (Å²) in [6.07, 6.45) is 2.21. The molecule has 0 radical (unpaired) electrons. The van der Waals surface area contributed by atoms with Crippen molar-refractivity contribution in [3.8, 4) is 11.5 Å². The van der Waals surface area contributed by atoms with Crippen LogP contribution in [0.3, 0.4) is 0 Å². The largest absolute Gasteiger partial charge is 0.503 e. The van der Waals surface area contributed by atoms with E-state index < -0.39 is 0 Å². The van der Waals surface area contributed by atoms with Crippen LogP contribution in [0, 0.1) is 5.92 Å². The van der Waals surface area contributed by atoms with Crippen molar-refractivity contribution < 1.29 is 14.6 Å². The minimum atomic E-state index is -0.341. The van der Waals surface area contributed by atoms with E-state index in [0.29, 0.717) is 12.2 Å². The highest BCUT2D eigenvalue weighted by Gasteiger charge is 2.60. The monoisotopic (exact) mass is 434 g/mol. The lowest BCUT2D eigenvalue weighted by molar-refractivity contribution is -0.122. The Hall–Kier alpha value is -3.31. The van der Waals surface area contributed by atoms with Crippen LogP contribution in [-0.4, -0.2) is 23.8 Å². The zero-order valence-electron chi connectivity index (χ0n) is 17.1. The van der Waals surface area contributed by atoms with Crippen LogP contribution < -0.4 is 10.2 Å². The highest BCUT2D eigenvalue weighted by Crippen LogP contribution is 2.58. The second-order valence-electron chi connectivity index (χ2n) is 7.48. The number of rotatable bonds is 7. The first-order valence-electron chi connectivity index (χ1n) is 10.2. The minimum absolute atomic E-state index is 0.113. The van der Waals surface area contributed by atoms with Crippen LogP contribution in [0.2, 0.25) is 5.02 Å². The van der Waals surface area contributed by atoms with Crippen LogP contribution in [0.15, 0.2) is 77.9 Å². The molecule has 1 unspecified atom stereocenters. The lowest BCUT2D eigenvalue weighted by Gasteiger charge is -2.18. The normalized spacial score (nSPS) is 16.8. The third-order valence-electron chi connectivity index (χ3n) is 5.59. The molecule has 31 heavy (non-hydrogen) atoms. The second kappa shape index (κ2) is 8.82. The molecule has 0 spiro atoms. The molecule has 1 atom stereocenters. The number of nitrogens with one attached hydrogen (secondary N) is 1. The first-order chi connectivity index (χ1) is 15.1. The summed E-state index contributed by atoms with van der Waals surface area (Å²) in [6.45, 7) is 2.21. The van der Waals surface area contributed by atoms with Crippen molar-refractivity contribution >= 4 is 23.7 Å². The predicted molar refractivity (Wildman–Crippen MR) is 122 cm³/mol. The van der Waals surface area contributed by atoms with Crippen LogP contribution in [0.5, 0.6) is 11.5 Å². The first kappa shape index (κ1) is 20.9. The molecule has 3 aromatic carbocycles. The zero-order chi connectivity index (χ0) is 21.8. The number of aromatic hydroxyl groups is 1. The van der Waals surface area contributed by atoms with E-state index in [1.54, 1.807) is 12.1 Å². The summed E-state index contributed by atoms with van der Waals surface area (Å²) < 4.78 is 5.38. The Balaban J connectivity index is 1.52. The molecule has 4 rings (SSSR count). The summed E-state index contributed by atoms with van der Waals surface area (Å²) in [5, 5.41) is 14.2. The SMILES string of the molecule is CCOc1cc(/C=N/NC(=O)C2CC2(c2ccccc2)c2ccccc2)cc(Cl)c1O. The third kappa shape index (κ3) is 4.14. The van der Waals surface area contributed by atoms with Gasteiger partial charge in [0.2, 0.25) is 5.91 Å². The molecule has 0 heterocycles. The number of amides is 1. The van der Waals surface area contributed by atoms with E-state index in [1.807, 2.05) is 43.3 Å². The molecule has 1 aliphatic rings. The molecule has 0 saturated heterocycles. The number of phenolic OH excluding ortho intramolecular Hbond substituents is 1. The van der Waals surface area contributed by atoms with Gasteiger partial charge in [0.1, 0.15) is 0 Å².